The molecule has 0 unspecified atom stereocenters. The van der Waals surface area contributed by atoms with E-state index in [1.807, 2.05) is 25.1 Å². The van der Waals surface area contributed by atoms with E-state index < -0.39 is 0 Å². The third kappa shape index (κ3) is 3.76. The molecule has 3 heteroatoms. The molecule has 1 rings (SSSR count). The summed E-state index contributed by atoms with van der Waals surface area (Å²) in [4.78, 5) is 11.0. The largest absolute Gasteiger partial charge is 0.463 e. The van der Waals surface area contributed by atoms with Crippen LogP contribution in [0.2, 0.25) is 5.02 Å². The summed E-state index contributed by atoms with van der Waals surface area (Å²) >= 11 is 5.99. The third-order valence-electron chi connectivity index (χ3n) is 1.84. The van der Waals surface area contributed by atoms with Gasteiger partial charge in [0.1, 0.15) is 0 Å². The number of carbonyl (C=O) groups excluding carboxylic acids is 1. The second-order valence-corrected chi connectivity index (χ2v) is 3.52. The average Bonchev–Trinajstić information content (AvgIpc) is 2.17. The average molecular weight is 225 g/mol. The van der Waals surface area contributed by atoms with Gasteiger partial charge in [-0.2, -0.15) is 0 Å². The number of esters is 1. The van der Waals surface area contributed by atoms with Crippen LogP contribution in [0, 0.1) is 6.92 Å². The molecule has 0 N–H and O–H groups in total. The van der Waals surface area contributed by atoms with Gasteiger partial charge in [-0.05, 0) is 37.1 Å². The van der Waals surface area contributed by atoms with E-state index in [4.69, 9.17) is 16.3 Å². The van der Waals surface area contributed by atoms with Crippen molar-refractivity contribution in [3.8, 4) is 0 Å². The molecule has 15 heavy (non-hydrogen) atoms. The zero-order valence-corrected chi connectivity index (χ0v) is 9.54. The second-order valence-electron chi connectivity index (χ2n) is 3.11. The molecule has 0 aromatic heterocycles. The first-order valence-corrected chi connectivity index (χ1v) is 5.12. The summed E-state index contributed by atoms with van der Waals surface area (Å²) < 4.78 is 4.76. The van der Waals surface area contributed by atoms with Crippen molar-refractivity contribution in [2.24, 2.45) is 0 Å². The molecule has 0 aliphatic carbocycles. The minimum Gasteiger partial charge on any atom is -0.463 e. The number of hydrogen-bond acceptors (Lipinski definition) is 2. The van der Waals surface area contributed by atoms with Gasteiger partial charge >= 0.3 is 5.97 Å². The van der Waals surface area contributed by atoms with E-state index in [0.717, 1.165) is 11.1 Å². The maximum atomic E-state index is 11.0. The molecular weight excluding hydrogens is 212 g/mol. The zero-order chi connectivity index (χ0) is 11.3. The van der Waals surface area contributed by atoms with Gasteiger partial charge in [-0.15, -0.1) is 0 Å². The lowest BCUT2D eigenvalue weighted by Gasteiger charge is -1.99. The van der Waals surface area contributed by atoms with Crippen LogP contribution in [0.1, 0.15) is 18.1 Å². The van der Waals surface area contributed by atoms with Crippen molar-refractivity contribution in [3.63, 3.8) is 0 Å². The summed E-state index contributed by atoms with van der Waals surface area (Å²) in [5.41, 5.74) is 1.91. The Kier molecular flexibility index (Phi) is 4.37. The Morgan fingerprint density at radius 3 is 2.87 bits per heavy atom. The van der Waals surface area contributed by atoms with Crippen LogP contribution in [0.5, 0.6) is 0 Å². The Bertz CT molecular complexity index is 383. The van der Waals surface area contributed by atoms with Crippen LogP contribution in [0.25, 0.3) is 6.08 Å². The molecule has 0 aliphatic rings. The third-order valence-corrected chi connectivity index (χ3v) is 2.17. The van der Waals surface area contributed by atoms with Crippen LogP contribution in [0.4, 0.5) is 0 Å². The highest BCUT2D eigenvalue weighted by atomic mass is 35.5. The molecule has 0 fully saturated rings. The summed E-state index contributed by atoms with van der Waals surface area (Å²) in [5, 5.41) is 0.635. The summed E-state index contributed by atoms with van der Waals surface area (Å²) in [6, 6.07) is 5.66. The number of ether oxygens (including phenoxy) is 1. The quantitative estimate of drug-likeness (QED) is 0.582. The van der Waals surface area contributed by atoms with Crippen LogP contribution in [0.15, 0.2) is 24.3 Å². The van der Waals surface area contributed by atoms with E-state index in [-0.39, 0.29) is 5.97 Å². The van der Waals surface area contributed by atoms with E-state index in [9.17, 15) is 4.79 Å². The molecule has 1 aromatic carbocycles. The predicted molar refractivity (Wildman–Crippen MR) is 61.9 cm³/mol. The van der Waals surface area contributed by atoms with Crippen molar-refractivity contribution >= 4 is 23.6 Å². The van der Waals surface area contributed by atoms with E-state index >= 15 is 0 Å². The molecule has 0 aliphatic heterocycles. The van der Waals surface area contributed by atoms with Gasteiger partial charge in [0.2, 0.25) is 0 Å². The van der Waals surface area contributed by atoms with Gasteiger partial charge in [-0.1, -0.05) is 23.7 Å². The van der Waals surface area contributed by atoms with Gasteiger partial charge in [0.05, 0.1) is 6.61 Å². The van der Waals surface area contributed by atoms with E-state index in [0.29, 0.717) is 11.6 Å². The molecular formula is C12H13ClO2. The number of hydrogen-bond donors (Lipinski definition) is 0. The molecule has 80 valence electrons. The molecule has 0 saturated heterocycles. The standard InChI is InChI=1S/C12H13ClO2/c1-3-15-12(14)7-6-10-5-4-9(2)8-11(10)13/h4-8H,3H2,1-2H3. The van der Waals surface area contributed by atoms with Crippen molar-refractivity contribution in [1.29, 1.82) is 0 Å². The minimum atomic E-state index is -0.353. The Hall–Kier alpha value is -1.28. The van der Waals surface area contributed by atoms with Crippen LogP contribution in [-0.2, 0) is 9.53 Å². The van der Waals surface area contributed by atoms with Crippen LogP contribution < -0.4 is 0 Å². The van der Waals surface area contributed by atoms with E-state index in [1.165, 1.54) is 6.08 Å². The van der Waals surface area contributed by atoms with Gasteiger partial charge in [-0.3, -0.25) is 0 Å². The second kappa shape index (κ2) is 5.56. The lowest BCUT2D eigenvalue weighted by Crippen LogP contribution is -1.98. The van der Waals surface area contributed by atoms with Crippen LogP contribution in [-0.4, -0.2) is 12.6 Å². The SMILES string of the molecule is CCOC(=O)C=Cc1ccc(C)cc1Cl. The van der Waals surface area contributed by atoms with E-state index in [2.05, 4.69) is 0 Å². The first-order chi connectivity index (χ1) is 7.13. The lowest BCUT2D eigenvalue weighted by atomic mass is 10.1. The molecule has 2 nitrogen and oxygen atoms in total. The van der Waals surface area contributed by atoms with Gasteiger partial charge in [-0.25, -0.2) is 4.79 Å². The van der Waals surface area contributed by atoms with Gasteiger partial charge in [0.25, 0.3) is 0 Å². The summed E-state index contributed by atoms with van der Waals surface area (Å²) in [7, 11) is 0. The molecule has 1 aromatic rings. The van der Waals surface area contributed by atoms with Crippen molar-refractivity contribution in [2.45, 2.75) is 13.8 Å². The fourth-order valence-electron chi connectivity index (χ4n) is 1.12. The van der Waals surface area contributed by atoms with Gasteiger partial charge in [0, 0.05) is 11.1 Å². The van der Waals surface area contributed by atoms with Gasteiger partial charge < -0.3 is 4.74 Å². The topological polar surface area (TPSA) is 26.3 Å². The number of rotatable bonds is 3. The van der Waals surface area contributed by atoms with Crippen molar-refractivity contribution in [2.75, 3.05) is 6.61 Å². The highest BCUT2D eigenvalue weighted by Gasteiger charge is 1.98. The highest BCUT2D eigenvalue weighted by Crippen LogP contribution is 2.18. The van der Waals surface area contributed by atoms with Crippen molar-refractivity contribution < 1.29 is 9.53 Å². The van der Waals surface area contributed by atoms with Crippen LogP contribution in [0.3, 0.4) is 0 Å². The highest BCUT2D eigenvalue weighted by molar-refractivity contribution is 6.32. The molecule has 0 radical (unpaired) electrons. The van der Waals surface area contributed by atoms with Crippen molar-refractivity contribution in [3.05, 3.63) is 40.4 Å². The summed E-state index contributed by atoms with van der Waals surface area (Å²) in [6.07, 6.45) is 3.03. The van der Waals surface area contributed by atoms with Crippen LogP contribution >= 0.6 is 11.6 Å². The fraction of sp³-hybridized carbons (Fsp3) is 0.250. The first kappa shape index (κ1) is 11.8. The number of aryl methyl sites for hydroxylation is 1. The Labute approximate surface area is 94.5 Å². The number of benzene rings is 1. The maximum absolute atomic E-state index is 11.0. The summed E-state index contributed by atoms with van der Waals surface area (Å²) in [6.45, 7) is 4.11. The molecule has 0 bridgehead atoms. The normalized spacial score (nSPS) is 10.6. The molecule has 0 spiro atoms. The number of carbonyl (C=O) groups is 1. The molecule has 0 amide bonds. The monoisotopic (exact) mass is 224 g/mol. The molecule has 0 saturated carbocycles. The maximum Gasteiger partial charge on any atom is 0.330 e. The Balaban J connectivity index is 2.76. The number of halogens is 1. The van der Waals surface area contributed by atoms with Crippen molar-refractivity contribution in [1.82, 2.24) is 0 Å². The predicted octanol–water partition coefficient (Wildman–Crippen LogP) is 3.22. The minimum absolute atomic E-state index is 0.353. The fourth-order valence-corrected chi connectivity index (χ4v) is 1.41. The smallest absolute Gasteiger partial charge is 0.330 e. The first-order valence-electron chi connectivity index (χ1n) is 4.74. The Morgan fingerprint density at radius 1 is 1.53 bits per heavy atom. The summed E-state index contributed by atoms with van der Waals surface area (Å²) in [5.74, 6) is -0.353. The zero-order valence-electron chi connectivity index (χ0n) is 8.79. The molecule has 0 heterocycles. The lowest BCUT2D eigenvalue weighted by molar-refractivity contribution is -0.137. The Morgan fingerprint density at radius 2 is 2.27 bits per heavy atom. The van der Waals surface area contributed by atoms with Gasteiger partial charge in [0.15, 0.2) is 0 Å². The van der Waals surface area contributed by atoms with E-state index in [1.54, 1.807) is 13.0 Å². The molecule has 0 atom stereocenters.